The van der Waals surface area contributed by atoms with Crippen molar-refractivity contribution >= 4 is 45.2 Å². The maximum absolute atomic E-state index is 13.3. The van der Waals surface area contributed by atoms with Gasteiger partial charge in [0, 0.05) is 29.5 Å². The van der Waals surface area contributed by atoms with Crippen LogP contribution in [-0.4, -0.2) is 47.3 Å². The van der Waals surface area contributed by atoms with Gasteiger partial charge in [0.1, 0.15) is 5.82 Å². The molecule has 2 aromatic carbocycles. The Hall–Kier alpha value is -3.94. The molecule has 1 saturated heterocycles. The summed E-state index contributed by atoms with van der Waals surface area (Å²) in [4.78, 5) is 32.2. The molecule has 2 N–H and O–H groups in total. The number of nitrogens with zero attached hydrogens (tertiary/aromatic N) is 3. The number of H-pyrrole nitrogens is 1. The highest BCUT2D eigenvalue weighted by molar-refractivity contribution is 6.11. The number of carbonyl (C=O) groups excluding carboxylic acids is 2. The van der Waals surface area contributed by atoms with Gasteiger partial charge in [-0.1, -0.05) is 18.2 Å². The number of hydrogen-bond acceptors (Lipinski definition) is 6. The van der Waals surface area contributed by atoms with Crippen LogP contribution < -0.4 is 10.2 Å². The zero-order chi connectivity index (χ0) is 21.4. The number of esters is 1. The fourth-order valence-corrected chi connectivity index (χ4v) is 3.99. The number of anilines is 2. The highest BCUT2D eigenvalue weighted by Gasteiger charge is 2.23. The summed E-state index contributed by atoms with van der Waals surface area (Å²) in [5.41, 5.74) is 2.82. The summed E-state index contributed by atoms with van der Waals surface area (Å²) in [6.07, 6.45) is 2.17. The van der Waals surface area contributed by atoms with E-state index in [4.69, 9.17) is 9.72 Å². The molecule has 0 spiro atoms. The molecule has 8 heteroatoms. The number of aromatic nitrogens is 3. The van der Waals surface area contributed by atoms with Crippen LogP contribution in [-0.2, 0) is 4.74 Å². The summed E-state index contributed by atoms with van der Waals surface area (Å²) in [5, 5.41) is 11.3. The summed E-state index contributed by atoms with van der Waals surface area (Å²) in [5.74, 6) is -0.0827. The molecule has 0 atom stereocenters. The molecule has 1 aliphatic heterocycles. The van der Waals surface area contributed by atoms with Crippen molar-refractivity contribution in [2.45, 2.75) is 12.8 Å². The molecular formula is C23H21N5O3. The highest BCUT2D eigenvalue weighted by atomic mass is 16.5. The van der Waals surface area contributed by atoms with E-state index in [0.717, 1.165) is 36.8 Å². The Balaban J connectivity index is 1.52. The molecule has 1 amide bonds. The van der Waals surface area contributed by atoms with Crippen LogP contribution in [0.15, 0.2) is 48.5 Å². The van der Waals surface area contributed by atoms with E-state index in [2.05, 4.69) is 20.4 Å². The molecule has 5 rings (SSSR count). The van der Waals surface area contributed by atoms with Crippen LogP contribution >= 0.6 is 0 Å². The zero-order valence-electron chi connectivity index (χ0n) is 17.0. The number of ether oxygens (including phenoxy) is 1. The van der Waals surface area contributed by atoms with Crippen molar-refractivity contribution in [3.05, 3.63) is 59.8 Å². The second kappa shape index (κ2) is 7.71. The standard InChI is InChI=1S/C23H21N5O3/c1-31-23(30)20-16-13-15(8-9-19(16)26-27-20)24-22(29)17-12-14-6-2-3-7-18(14)25-21(17)28-10-4-5-11-28/h2-3,6-9,12-13H,4-5,10-11H2,1H3,(H,24,29)(H,26,27). The van der Waals surface area contributed by atoms with Crippen molar-refractivity contribution in [1.82, 2.24) is 15.2 Å². The Morgan fingerprint density at radius 2 is 1.90 bits per heavy atom. The van der Waals surface area contributed by atoms with E-state index in [-0.39, 0.29) is 11.6 Å². The third-order valence-electron chi connectivity index (χ3n) is 5.55. The van der Waals surface area contributed by atoms with Crippen molar-refractivity contribution < 1.29 is 14.3 Å². The highest BCUT2D eigenvalue weighted by Crippen LogP contribution is 2.28. The molecule has 0 saturated carbocycles. The van der Waals surface area contributed by atoms with Crippen molar-refractivity contribution in [1.29, 1.82) is 0 Å². The van der Waals surface area contributed by atoms with E-state index >= 15 is 0 Å². The molecule has 0 bridgehead atoms. The number of aromatic amines is 1. The van der Waals surface area contributed by atoms with Gasteiger partial charge in [-0.25, -0.2) is 9.78 Å². The molecule has 2 aromatic heterocycles. The number of fused-ring (bicyclic) bond motifs is 2. The van der Waals surface area contributed by atoms with Gasteiger partial charge in [-0.2, -0.15) is 5.10 Å². The number of benzene rings is 2. The number of hydrogen-bond donors (Lipinski definition) is 2. The molecule has 8 nitrogen and oxygen atoms in total. The lowest BCUT2D eigenvalue weighted by Crippen LogP contribution is -2.24. The second-order valence-electron chi connectivity index (χ2n) is 7.52. The van der Waals surface area contributed by atoms with Crippen LogP contribution in [0.3, 0.4) is 0 Å². The van der Waals surface area contributed by atoms with E-state index in [9.17, 15) is 9.59 Å². The molecule has 0 aliphatic carbocycles. The minimum absolute atomic E-state index is 0.179. The zero-order valence-corrected chi connectivity index (χ0v) is 17.0. The molecule has 4 aromatic rings. The fraction of sp³-hybridized carbons (Fsp3) is 0.217. The Bertz CT molecular complexity index is 1310. The molecule has 1 fully saturated rings. The second-order valence-corrected chi connectivity index (χ2v) is 7.52. The molecule has 1 aliphatic rings. The number of nitrogens with one attached hydrogen (secondary N) is 2. The first-order valence-corrected chi connectivity index (χ1v) is 10.2. The number of para-hydroxylation sites is 1. The summed E-state index contributed by atoms with van der Waals surface area (Å²) in [6.45, 7) is 1.77. The number of rotatable bonds is 4. The van der Waals surface area contributed by atoms with E-state index in [1.165, 1.54) is 7.11 Å². The molecule has 31 heavy (non-hydrogen) atoms. The van der Waals surface area contributed by atoms with E-state index in [1.807, 2.05) is 30.3 Å². The summed E-state index contributed by atoms with van der Waals surface area (Å²) < 4.78 is 4.78. The molecule has 156 valence electrons. The Morgan fingerprint density at radius 3 is 2.71 bits per heavy atom. The third kappa shape index (κ3) is 3.46. The van der Waals surface area contributed by atoms with Crippen molar-refractivity contribution in [3.63, 3.8) is 0 Å². The molecule has 0 radical (unpaired) electrons. The monoisotopic (exact) mass is 415 g/mol. The Kier molecular flexibility index (Phi) is 4.74. The van der Waals surface area contributed by atoms with Gasteiger partial charge >= 0.3 is 5.97 Å². The van der Waals surface area contributed by atoms with Gasteiger partial charge in [0.05, 0.1) is 23.7 Å². The normalized spacial score (nSPS) is 13.6. The topological polar surface area (TPSA) is 100 Å². The number of carbonyl (C=O) groups is 2. The maximum atomic E-state index is 13.3. The number of pyridine rings is 1. The van der Waals surface area contributed by atoms with Crippen LogP contribution in [0.4, 0.5) is 11.5 Å². The minimum atomic E-state index is -0.537. The quantitative estimate of drug-likeness (QED) is 0.493. The Morgan fingerprint density at radius 1 is 1.10 bits per heavy atom. The van der Waals surface area contributed by atoms with E-state index in [1.54, 1.807) is 18.2 Å². The van der Waals surface area contributed by atoms with Crippen LogP contribution in [0.1, 0.15) is 33.7 Å². The van der Waals surface area contributed by atoms with Gasteiger partial charge in [-0.15, -0.1) is 0 Å². The average Bonchev–Trinajstić information content (AvgIpc) is 3.47. The largest absolute Gasteiger partial charge is 0.464 e. The van der Waals surface area contributed by atoms with Crippen LogP contribution in [0.25, 0.3) is 21.8 Å². The maximum Gasteiger partial charge on any atom is 0.359 e. The van der Waals surface area contributed by atoms with Crippen LogP contribution in [0, 0.1) is 0 Å². The molecule has 3 heterocycles. The van der Waals surface area contributed by atoms with E-state index < -0.39 is 5.97 Å². The van der Waals surface area contributed by atoms with E-state index in [0.29, 0.717) is 28.0 Å². The van der Waals surface area contributed by atoms with Gasteiger partial charge < -0.3 is 15.0 Å². The van der Waals surface area contributed by atoms with Gasteiger partial charge in [-0.3, -0.25) is 9.89 Å². The molecular weight excluding hydrogens is 394 g/mol. The lowest BCUT2D eigenvalue weighted by atomic mass is 10.1. The first-order valence-electron chi connectivity index (χ1n) is 10.2. The smallest absolute Gasteiger partial charge is 0.359 e. The summed E-state index contributed by atoms with van der Waals surface area (Å²) >= 11 is 0. The minimum Gasteiger partial charge on any atom is -0.464 e. The lowest BCUT2D eigenvalue weighted by molar-refractivity contribution is 0.0596. The number of methoxy groups -OCH3 is 1. The van der Waals surface area contributed by atoms with Gasteiger partial charge in [0.15, 0.2) is 5.69 Å². The van der Waals surface area contributed by atoms with Crippen molar-refractivity contribution in [3.8, 4) is 0 Å². The summed E-state index contributed by atoms with van der Waals surface area (Å²) in [7, 11) is 1.31. The van der Waals surface area contributed by atoms with Gasteiger partial charge in [0.2, 0.25) is 0 Å². The Labute approximate surface area is 178 Å². The van der Waals surface area contributed by atoms with Gasteiger partial charge in [-0.05, 0) is 43.2 Å². The number of amides is 1. The molecule has 0 unspecified atom stereocenters. The fourth-order valence-electron chi connectivity index (χ4n) is 3.99. The SMILES string of the molecule is COC(=O)c1n[nH]c2ccc(NC(=O)c3cc4ccccc4nc3N3CCCC3)cc12. The van der Waals surface area contributed by atoms with Gasteiger partial charge in [0.25, 0.3) is 5.91 Å². The summed E-state index contributed by atoms with van der Waals surface area (Å²) in [6, 6.07) is 14.9. The first-order chi connectivity index (χ1) is 15.1. The van der Waals surface area contributed by atoms with Crippen molar-refractivity contribution in [2.24, 2.45) is 0 Å². The predicted octanol–water partition coefficient (Wildman–Crippen LogP) is 3.75. The third-order valence-corrected chi connectivity index (χ3v) is 5.55. The van der Waals surface area contributed by atoms with Crippen LogP contribution in [0.5, 0.6) is 0 Å². The average molecular weight is 415 g/mol. The predicted molar refractivity (Wildman–Crippen MR) is 119 cm³/mol. The first kappa shape index (κ1) is 19.0. The lowest BCUT2D eigenvalue weighted by Gasteiger charge is -2.20. The van der Waals surface area contributed by atoms with Crippen LogP contribution in [0.2, 0.25) is 0 Å². The van der Waals surface area contributed by atoms with Crippen molar-refractivity contribution in [2.75, 3.05) is 30.4 Å².